The van der Waals surface area contributed by atoms with Gasteiger partial charge in [-0.05, 0) is 44.4 Å². The number of alkyl halides is 4. The highest BCUT2D eigenvalue weighted by Gasteiger charge is 2.50. The molecule has 0 aromatic rings. The summed E-state index contributed by atoms with van der Waals surface area (Å²) < 4.78 is 66.6. The fourth-order valence-corrected chi connectivity index (χ4v) is 3.77. The Kier molecular flexibility index (Phi) is 5.88. The zero-order valence-electron chi connectivity index (χ0n) is 12.5. The van der Waals surface area contributed by atoms with Crippen molar-refractivity contribution in [2.75, 3.05) is 13.7 Å². The lowest BCUT2D eigenvalue weighted by Gasteiger charge is -2.43. The predicted octanol–water partition coefficient (Wildman–Crippen LogP) is 3.58. The van der Waals surface area contributed by atoms with Gasteiger partial charge in [0.15, 0.2) is 12.3 Å². The van der Waals surface area contributed by atoms with Crippen molar-refractivity contribution in [1.29, 1.82) is 0 Å². The van der Waals surface area contributed by atoms with Gasteiger partial charge in [0.2, 0.25) is 0 Å². The molecule has 0 aromatic carbocycles. The minimum Gasteiger partial charge on any atom is -0.378 e. The molecule has 0 aliphatic heterocycles. The van der Waals surface area contributed by atoms with E-state index in [1.165, 1.54) is 7.11 Å². The molecule has 2 aliphatic rings. The summed E-state index contributed by atoms with van der Waals surface area (Å²) in [5, 5.41) is 0. The third kappa shape index (κ3) is 3.36. The molecule has 0 amide bonds. The molecule has 0 bridgehead atoms. The maximum Gasteiger partial charge on any atom is 0.157 e. The smallest absolute Gasteiger partial charge is 0.157 e. The summed E-state index contributed by atoms with van der Waals surface area (Å²) in [7, 11) is 1.34. The third-order valence-electron chi connectivity index (χ3n) is 4.94. The van der Waals surface area contributed by atoms with Gasteiger partial charge in [0.1, 0.15) is 12.3 Å². The van der Waals surface area contributed by atoms with Crippen molar-refractivity contribution >= 4 is 0 Å². The Labute approximate surface area is 123 Å². The summed E-state index contributed by atoms with van der Waals surface area (Å²) >= 11 is 0. The molecule has 0 heterocycles. The van der Waals surface area contributed by atoms with E-state index >= 15 is 0 Å². The fourth-order valence-electron chi connectivity index (χ4n) is 3.77. The molecule has 0 spiro atoms. The highest BCUT2D eigenvalue weighted by molar-refractivity contribution is 4.98. The van der Waals surface area contributed by atoms with E-state index in [0.29, 0.717) is 32.3 Å². The first-order chi connectivity index (χ1) is 10.0. The lowest BCUT2D eigenvalue weighted by atomic mass is 9.69. The van der Waals surface area contributed by atoms with Gasteiger partial charge in [-0.25, -0.2) is 17.6 Å². The molecule has 6 heteroatoms. The second kappa shape index (κ2) is 7.27. The highest BCUT2D eigenvalue weighted by Crippen LogP contribution is 2.43. The summed E-state index contributed by atoms with van der Waals surface area (Å²) in [5.74, 6) is -1.55. The van der Waals surface area contributed by atoms with Gasteiger partial charge in [0.25, 0.3) is 0 Å². The van der Waals surface area contributed by atoms with Crippen LogP contribution in [0.3, 0.4) is 0 Å². The number of hydrogen-bond acceptors (Lipinski definition) is 2. The normalized spacial score (nSPS) is 48.3. The zero-order chi connectivity index (χ0) is 15.6. The molecular weight excluding hydrogens is 288 g/mol. The van der Waals surface area contributed by atoms with Gasteiger partial charge in [-0.3, -0.25) is 0 Å². The minimum atomic E-state index is -1.79. The molecule has 0 saturated heterocycles. The first-order valence-corrected chi connectivity index (χ1v) is 7.71. The van der Waals surface area contributed by atoms with Crippen LogP contribution in [0.25, 0.3) is 0 Å². The highest BCUT2D eigenvalue weighted by atomic mass is 19.2. The topological polar surface area (TPSA) is 18.5 Å². The molecule has 2 rings (SSSR count). The van der Waals surface area contributed by atoms with Gasteiger partial charge in [0.05, 0.1) is 12.2 Å². The second-order valence-corrected chi connectivity index (χ2v) is 6.03. The van der Waals surface area contributed by atoms with Crippen LogP contribution in [-0.2, 0) is 9.47 Å². The van der Waals surface area contributed by atoms with Crippen LogP contribution in [0.5, 0.6) is 0 Å². The van der Waals surface area contributed by atoms with E-state index in [2.05, 4.69) is 0 Å². The molecule has 2 aliphatic carbocycles. The molecular formula is C15H24F4O2. The Morgan fingerprint density at radius 3 is 1.71 bits per heavy atom. The van der Waals surface area contributed by atoms with Gasteiger partial charge < -0.3 is 9.47 Å². The Morgan fingerprint density at radius 2 is 1.24 bits per heavy atom. The Hall–Kier alpha value is -0.360. The average Bonchev–Trinajstić information content (AvgIpc) is 2.48. The number of rotatable bonds is 4. The summed E-state index contributed by atoms with van der Waals surface area (Å²) in [6.07, 6.45) is -7.28. The predicted molar refractivity (Wildman–Crippen MR) is 71.2 cm³/mol. The quantitative estimate of drug-likeness (QED) is 0.739. The first-order valence-electron chi connectivity index (χ1n) is 7.71. The van der Waals surface area contributed by atoms with Crippen molar-refractivity contribution in [3.8, 4) is 0 Å². The average molecular weight is 312 g/mol. The van der Waals surface area contributed by atoms with Gasteiger partial charge in [-0.2, -0.15) is 0 Å². The van der Waals surface area contributed by atoms with E-state index in [1.807, 2.05) is 0 Å². The van der Waals surface area contributed by atoms with Crippen LogP contribution < -0.4 is 0 Å². The van der Waals surface area contributed by atoms with E-state index in [-0.39, 0.29) is 0 Å². The van der Waals surface area contributed by atoms with E-state index < -0.39 is 48.7 Å². The molecule has 0 aromatic heterocycles. The van der Waals surface area contributed by atoms with Crippen molar-refractivity contribution in [3.05, 3.63) is 0 Å². The lowest BCUT2D eigenvalue weighted by molar-refractivity contribution is -0.115. The molecule has 0 radical (unpaired) electrons. The van der Waals surface area contributed by atoms with Gasteiger partial charge in [-0.1, -0.05) is 0 Å². The largest absolute Gasteiger partial charge is 0.378 e. The number of hydrogen-bond donors (Lipinski definition) is 0. The monoisotopic (exact) mass is 312 g/mol. The van der Waals surface area contributed by atoms with E-state index in [9.17, 15) is 17.6 Å². The zero-order valence-corrected chi connectivity index (χ0v) is 12.5. The molecule has 2 nitrogen and oxygen atoms in total. The molecule has 2 fully saturated rings. The molecule has 8 unspecified atom stereocenters. The standard InChI is InChI=1S/C15H24F4O2/c1-3-21-11-7-5-9(13(17)15(11)19)8-4-6-10(20-2)14(18)12(8)16/h8-15H,3-7H2,1-2H3. The van der Waals surface area contributed by atoms with Crippen LogP contribution in [0.4, 0.5) is 17.6 Å². The molecule has 124 valence electrons. The van der Waals surface area contributed by atoms with Gasteiger partial charge in [-0.15, -0.1) is 0 Å². The van der Waals surface area contributed by atoms with Crippen molar-refractivity contribution in [3.63, 3.8) is 0 Å². The minimum absolute atomic E-state index is 0.319. The maximum atomic E-state index is 14.3. The van der Waals surface area contributed by atoms with Crippen molar-refractivity contribution in [2.45, 2.75) is 69.5 Å². The maximum absolute atomic E-state index is 14.3. The van der Waals surface area contributed by atoms with Crippen molar-refractivity contribution in [2.24, 2.45) is 11.8 Å². The van der Waals surface area contributed by atoms with E-state index in [0.717, 1.165) is 0 Å². The summed E-state index contributed by atoms with van der Waals surface area (Å²) in [4.78, 5) is 0. The Morgan fingerprint density at radius 1 is 0.762 bits per heavy atom. The summed E-state index contributed by atoms with van der Waals surface area (Å²) in [5.41, 5.74) is 0. The van der Waals surface area contributed by atoms with Crippen LogP contribution in [-0.4, -0.2) is 50.6 Å². The first kappa shape index (κ1) is 17.0. The van der Waals surface area contributed by atoms with Crippen molar-refractivity contribution < 1.29 is 27.0 Å². The van der Waals surface area contributed by atoms with Crippen LogP contribution >= 0.6 is 0 Å². The molecule has 21 heavy (non-hydrogen) atoms. The van der Waals surface area contributed by atoms with E-state index in [4.69, 9.17) is 9.47 Å². The van der Waals surface area contributed by atoms with Crippen molar-refractivity contribution in [1.82, 2.24) is 0 Å². The molecule has 0 N–H and O–H groups in total. The lowest BCUT2D eigenvalue weighted by Crippen LogP contribution is -2.51. The second-order valence-electron chi connectivity index (χ2n) is 6.03. The third-order valence-corrected chi connectivity index (χ3v) is 4.94. The van der Waals surface area contributed by atoms with Crippen LogP contribution in [0.2, 0.25) is 0 Å². The fraction of sp³-hybridized carbons (Fsp3) is 1.00. The number of methoxy groups -OCH3 is 1. The van der Waals surface area contributed by atoms with Gasteiger partial charge in [0, 0.05) is 13.7 Å². The van der Waals surface area contributed by atoms with Crippen LogP contribution in [0.1, 0.15) is 32.6 Å². The van der Waals surface area contributed by atoms with E-state index in [1.54, 1.807) is 6.92 Å². The van der Waals surface area contributed by atoms with Crippen LogP contribution in [0, 0.1) is 11.8 Å². The molecule has 2 saturated carbocycles. The summed E-state index contributed by atoms with van der Waals surface area (Å²) in [6.45, 7) is 2.04. The Bertz CT molecular complexity index is 331. The molecule has 8 atom stereocenters. The SMILES string of the molecule is CCOC1CCC(C2CCC(OC)C(F)C2F)C(F)C1F. The Balaban J connectivity index is 2.02. The van der Waals surface area contributed by atoms with Gasteiger partial charge >= 0.3 is 0 Å². The van der Waals surface area contributed by atoms with Crippen LogP contribution in [0.15, 0.2) is 0 Å². The number of ether oxygens (including phenoxy) is 2. The summed E-state index contributed by atoms with van der Waals surface area (Å²) in [6, 6.07) is 0. The number of halogens is 4.